The number of halogens is 2. The van der Waals surface area contributed by atoms with Crippen molar-refractivity contribution in [2.75, 3.05) is 7.05 Å². The summed E-state index contributed by atoms with van der Waals surface area (Å²) in [5.41, 5.74) is 0.614. The van der Waals surface area contributed by atoms with Crippen molar-refractivity contribution in [1.29, 1.82) is 0 Å². The van der Waals surface area contributed by atoms with Gasteiger partial charge in [-0.15, -0.1) is 0 Å². The van der Waals surface area contributed by atoms with Crippen LogP contribution in [0.2, 0.25) is 0 Å². The van der Waals surface area contributed by atoms with Gasteiger partial charge >= 0.3 is 0 Å². The van der Waals surface area contributed by atoms with E-state index in [1.165, 1.54) is 25.3 Å². The Balaban J connectivity index is 1.88. The lowest BCUT2D eigenvalue weighted by Gasteiger charge is -2.24. The van der Waals surface area contributed by atoms with Gasteiger partial charge < -0.3 is 4.90 Å². The van der Waals surface area contributed by atoms with Crippen LogP contribution in [-0.2, 0) is 11.3 Å². The summed E-state index contributed by atoms with van der Waals surface area (Å²) in [7, 11) is 1.71. The van der Waals surface area contributed by atoms with Gasteiger partial charge in [-0.3, -0.25) is 4.79 Å². The monoisotopic (exact) mass is 281 g/mol. The average molecular weight is 281 g/mol. The first-order valence-electron chi connectivity index (χ1n) is 7.24. The van der Waals surface area contributed by atoms with Crippen molar-refractivity contribution >= 4 is 5.91 Å². The number of nitrogens with zero attached hydrogens (tertiary/aromatic N) is 1. The van der Waals surface area contributed by atoms with E-state index in [1.54, 1.807) is 11.9 Å². The van der Waals surface area contributed by atoms with Crippen molar-refractivity contribution in [2.24, 2.45) is 5.92 Å². The standard InChI is InChI=1S/C16H21F2NO/c1-19(11-13-7-8-14(17)15(18)9-13)16(20)10-12-5-3-2-4-6-12/h7-9,12H,2-6,10-11H2,1H3. The van der Waals surface area contributed by atoms with E-state index in [2.05, 4.69) is 0 Å². The summed E-state index contributed by atoms with van der Waals surface area (Å²) in [5, 5.41) is 0. The van der Waals surface area contributed by atoms with Crippen LogP contribution in [0.15, 0.2) is 18.2 Å². The van der Waals surface area contributed by atoms with Crippen LogP contribution in [0.3, 0.4) is 0 Å². The third-order valence-corrected chi connectivity index (χ3v) is 4.02. The lowest BCUT2D eigenvalue weighted by molar-refractivity contribution is -0.131. The normalized spacial score (nSPS) is 16.1. The predicted octanol–water partition coefficient (Wildman–Crippen LogP) is 3.89. The minimum atomic E-state index is -0.865. The van der Waals surface area contributed by atoms with E-state index in [0.717, 1.165) is 25.0 Å². The van der Waals surface area contributed by atoms with E-state index in [-0.39, 0.29) is 5.91 Å². The number of hydrogen-bond donors (Lipinski definition) is 0. The van der Waals surface area contributed by atoms with Crippen LogP contribution < -0.4 is 0 Å². The first kappa shape index (κ1) is 14.9. The summed E-state index contributed by atoms with van der Waals surface area (Å²) in [6, 6.07) is 3.77. The SMILES string of the molecule is CN(Cc1ccc(F)c(F)c1)C(=O)CC1CCCCC1. The van der Waals surface area contributed by atoms with Crippen LogP contribution in [0.1, 0.15) is 44.1 Å². The Labute approximate surface area is 118 Å². The van der Waals surface area contributed by atoms with Gasteiger partial charge in [0.2, 0.25) is 5.91 Å². The molecule has 1 aromatic rings. The molecule has 0 atom stereocenters. The largest absolute Gasteiger partial charge is 0.341 e. The molecule has 0 bridgehead atoms. The average Bonchev–Trinajstić information content (AvgIpc) is 2.44. The molecular weight excluding hydrogens is 260 g/mol. The molecule has 0 aromatic heterocycles. The lowest BCUT2D eigenvalue weighted by Crippen LogP contribution is -2.28. The van der Waals surface area contributed by atoms with Gasteiger partial charge in [0.25, 0.3) is 0 Å². The number of rotatable bonds is 4. The number of amides is 1. The number of hydrogen-bond acceptors (Lipinski definition) is 1. The van der Waals surface area contributed by atoms with E-state index < -0.39 is 11.6 Å². The molecule has 20 heavy (non-hydrogen) atoms. The predicted molar refractivity (Wildman–Crippen MR) is 74.0 cm³/mol. The zero-order chi connectivity index (χ0) is 14.5. The summed E-state index contributed by atoms with van der Waals surface area (Å²) >= 11 is 0. The highest BCUT2D eigenvalue weighted by molar-refractivity contribution is 5.76. The zero-order valence-corrected chi connectivity index (χ0v) is 11.9. The van der Waals surface area contributed by atoms with Crippen LogP contribution in [0, 0.1) is 17.6 Å². The minimum Gasteiger partial charge on any atom is -0.341 e. The number of benzene rings is 1. The van der Waals surface area contributed by atoms with Crippen LogP contribution in [0.25, 0.3) is 0 Å². The second-order valence-corrected chi connectivity index (χ2v) is 5.71. The van der Waals surface area contributed by atoms with Gasteiger partial charge in [0.05, 0.1) is 0 Å². The van der Waals surface area contributed by atoms with Gasteiger partial charge in [-0.1, -0.05) is 25.3 Å². The molecule has 1 aliphatic rings. The lowest BCUT2D eigenvalue weighted by atomic mass is 9.86. The smallest absolute Gasteiger partial charge is 0.222 e. The summed E-state index contributed by atoms with van der Waals surface area (Å²) < 4.78 is 26.0. The Hall–Kier alpha value is -1.45. The third kappa shape index (κ3) is 4.02. The molecule has 4 heteroatoms. The van der Waals surface area contributed by atoms with Crippen molar-refractivity contribution in [3.63, 3.8) is 0 Å². The first-order chi connectivity index (χ1) is 9.56. The molecule has 0 radical (unpaired) electrons. The van der Waals surface area contributed by atoms with Crippen molar-refractivity contribution in [2.45, 2.75) is 45.1 Å². The highest BCUT2D eigenvalue weighted by atomic mass is 19.2. The molecule has 1 amide bonds. The molecule has 0 unspecified atom stereocenters. The maximum Gasteiger partial charge on any atom is 0.222 e. The zero-order valence-electron chi connectivity index (χ0n) is 11.9. The highest BCUT2D eigenvalue weighted by Gasteiger charge is 2.19. The maximum atomic E-state index is 13.1. The molecule has 0 N–H and O–H groups in total. The summed E-state index contributed by atoms with van der Waals surface area (Å²) in [5.74, 6) is -1.15. The second-order valence-electron chi connectivity index (χ2n) is 5.71. The molecule has 1 saturated carbocycles. The molecule has 0 aliphatic heterocycles. The molecular formula is C16H21F2NO. The molecule has 2 rings (SSSR count). The quantitative estimate of drug-likeness (QED) is 0.820. The van der Waals surface area contributed by atoms with Gasteiger partial charge in [-0.2, -0.15) is 0 Å². The highest BCUT2D eigenvalue weighted by Crippen LogP contribution is 2.26. The van der Waals surface area contributed by atoms with Crippen molar-refractivity contribution in [1.82, 2.24) is 4.90 Å². The van der Waals surface area contributed by atoms with Gasteiger partial charge in [0.15, 0.2) is 11.6 Å². The van der Waals surface area contributed by atoms with Crippen LogP contribution in [-0.4, -0.2) is 17.9 Å². The third-order valence-electron chi connectivity index (χ3n) is 4.02. The van der Waals surface area contributed by atoms with Crippen LogP contribution in [0.4, 0.5) is 8.78 Å². The van der Waals surface area contributed by atoms with Gasteiger partial charge in [-0.25, -0.2) is 8.78 Å². The summed E-state index contributed by atoms with van der Waals surface area (Å²) in [6.07, 6.45) is 6.53. The fraction of sp³-hybridized carbons (Fsp3) is 0.562. The van der Waals surface area contributed by atoms with Crippen LogP contribution >= 0.6 is 0 Å². The molecule has 0 heterocycles. The van der Waals surface area contributed by atoms with Gasteiger partial charge in [0, 0.05) is 20.0 Å². The maximum absolute atomic E-state index is 13.1. The molecule has 1 aliphatic carbocycles. The van der Waals surface area contributed by atoms with Crippen LogP contribution in [0.5, 0.6) is 0 Å². The van der Waals surface area contributed by atoms with E-state index in [1.807, 2.05) is 0 Å². The Morgan fingerprint density at radius 2 is 1.90 bits per heavy atom. The molecule has 1 fully saturated rings. The Kier molecular flexibility index (Phi) is 5.10. The van der Waals surface area contributed by atoms with E-state index in [9.17, 15) is 13.6 Å². The number of carbonyl (C=O) groups excluding carboxylic acids is 1. The second kappa shape index (κ2) is 6.82. The fourth-order valence-corrected chi connectivity index (χ4v) is 2.79. The summed E-state index contributed by atoms with van der Waals surface area (Å²) in [6.45, 7) is 0.322. The molecule has 0 spiro atoms. The van der Waals surface area contributed by atoms with Crippen molar-refractivity contribution in [3.05, 3.63) is 35.4 Å². The van der Waals surface area contributed by atoms with Crippen molar-refractivity contribution in [3.8, 4) is 0 Å². The topological polar surface area (TPSA) is 20.3 Å². The molecule has 110 valence electrons. The van der Waals surface area contributed by atoms with E-state index >= 15 is 0 Å². The van der Waals surface area contributed by atoms with E-state index in [4.69, 9.17) is 0 Å². The molecule has 2 nitrogen and oxygen atoms in total. The fourth-order valence-electron chi connectivity index (χ4n) is 2.79. The van der Waals surface area contributed by atoms with E-state index in [0.29, 0.717) is 24.4 Å². The number of carbonyl (C=O) groups is 1. The first-order valence-corrected chi connectivity index (χ1v) is 7.24. The van der Waals surface area contributed by atoms with Gasteiger partial charge in [-0.05, 0) is 36.5 Å². The molecule has 1 aromatic carbocycles. The van der Waals surface area contributed by atoms with Gasteiger partial charge in [0.1, 0.15) is 0 Å². The minimum absolute atomic E-state index is 0.0848. The Morgan fingerprint density at radius 1 is 1.20 bits per heavy atom. The van der Waals surface area contributed by atoms with Crippen molar-refractivity contribution < 1.29 is 13.6 Å². The Bertz CT molecular complexity index is 470. The Morgan fingerprint density at radius 3 is 2.55 bits per heavy atom. The summed E-state index contributed by atoms with van der Waals surface area (Å²) in [4.78, 5) is 13.7. The molecule has 0 saturated heterocycles.